The van der Waals surface area contributed by atoms with Crippen LogP contribution in [0.1, 0.15) is 6.92 Å². The number of H-pyrrole nitrogens is 1. The van der Waals surface area contributed by atoms with E-state index in [0.717, 1.165) is 11.3 Å². The van der Waals surface area contributed by atoms with Crippen LogP contribution in [0.5, 0.6) is 5.75 Å². The second kappa shape index (κ2) is 8.93. The second-order valence-corrected chi connectivity index (χ2v) is 7.58. The van der Waals surface area contributed by atoms with Crippen LogP contribution in [0.2, 0.25) is 5.02 Å². The highest BCUT2D eigenvalue weighted by molar-refractivity contribution is 8.00. The van der Waals surface area contributed by atoms with Crippen LogP contribution in [0.25, 0.3) is 11.4 Å². The van der Waals surface area contributed by atoms with Crippen molar-refractivity contribution in [2.24, 2.45) is 0 Å². The van der Waals surface area contributed by atoms with Gasteiger partial charge in [0.15, 0.2) is 5.82 Å². The predicted molar refractivity (Wildman–Crippen MR) is 110 cm³/mol. The number of rotatable bonds is 7. The summed E-state index contributed by atoms with van der Waals surface area (Å²) in [6.07, 6.45) is 0. The lowest BCUT2D eigenvalue weighted by atomic mass is 10.2. The largest absolute Gasteiger partial charge is 0.497 e. The Labute approximate surface area is 175 Å². The summed E-state index contributed by atoms with van der Waals surface area (Å²) < 4.78 is 5.13. The molecule has 2 N–H and O–H groups in total. The van der Waals surface area contributed by atoms with Gasteiger partial charge in [-0.1, -0.05) is 23.4 Å². The number of hydrogen-bond donors (Lipinski definition) is 2. The average molecular weight is 434 g/mol. The van der Waals surface area contributed by atoms with Crippen LogP contribution in [-0.2, 0) is 4.79 Å². The molecule has 29 heavy (non-hydrogen) atoms. The van der Waals surface area contributed by atoms with Crippen LogP contribution in [-0.4, -0.2) is 38.4 Å². The molecule has 1 amide bonds. The summed E-state index contributed by atoms with van der Waals surface area (Å²) in [7, 11) is 1.59. The molecule has 0 aliphatic carbocycles. The number of ether oxygens (including phenoxy) is 1. The number of nitro groups is 1. The fraction of sp³-hybridized carbons (Fsp3) is 0.167. The molecule has 0 spiro atoms. The van der Waals surface area contributed by atoms with Crippen LogP contribution in [0.15, 0.2) is 47.6 Å². The third-order valence-corrected chi connectivity index (χ3v) is 5.17. The van der Waals surface area contributed by atoms with Crippen LogP contribution in [0.3, 0.4) is 0 Å². The lowest BCUT2D eigenvalue weighted by Crippen LogP contribution is -2.22. The van der Waals surface area contributed by atoms with Gasteiger partial charge >= 0.3 is 0 Å². The Morgan fingerprint density at radius 2 is 2.03 bits per heavy atom. The maximum absolute atomic E-state index is 12.4. The number of non-ortho nitro benzene ring substituents is 1. The summed E-state index contributed by atoms with van der Waals surface area (Å²) in [5, 5.41) is 20.4. The van der Waals surface area contributed by atoms with Crippen molar-refractivity contribution in [1.29, 1.82) is 0 Å². The quantitative estimate of drug-likeness (QED) is 0.325. The number of benzene rings is 2. The van der Waals surface area contributed by atoms with Gasteiger partial charge in [0.2, 0.25) is 11.1 Å². The first-order chi connectivity index (χ1) is 13.9. The molecular formula is C18H16ClN5O4S. The monoisotopic (exact) mass is 433 g/mol. The van der Waals surface area contributed by atoms with Crippen molar-refractivity contribution in [2.45, 2.75) is 17.3 Å². The maximum atomic E-state index is 12.4. The number of amides is 1. The first-order valence-electron chi connectivity index (χ1n) is 8.35. The highest BCUT2D eigenvalue weighted by Gasteiger charge is 2.19. The first kappa shape index (κ1) is 20.6. The summed E-state index contributed by atoms with van der Waals surface area (Å²) >= 11 is 7.18. The number of nitrogens with zero attached hydrogens (tertiary/aromatic N) is 3. The van der Waals surface area contributed by atoms with Crippen molar-refractivity contribution in [3.8, 4) is 17.1 Å². The highest BCUT2D eigenvalue weighted by Crippen LogP contribution is 2.28. The third kappa shape index (κ3) is 5.04. The van der Waals surface area contributed by atoms with Crippen molar-refractivity contribution in [3.63, 3.8) is 0 Å². The van der Waals surface area contributed by atoms with Crippen LogP contribution in [0, 0.1) is 10.1 Å². The van der Waals surface area contributed by atoms with Crippen molar-refractivity contribution < 1.29 is 14.5 Å². The zero-order chi connectivity index (χ0) is 21.0. The smallest absolute Gasteiger partial charge is 0.271 e. The molecule has 1 atom stereocenters. The molecule has 2 aromatic carbocycles. The molecule has 0 radical (unpaired) electrons. The minimum atomic E-state index is -0.556. The lowest BCUT2D eigenvalue weighted by molar-refractivity contribution is -0.384. The van der Waals surface area contributed by atoms with Gasteiger partial charge in [0.05, 0.1) is 28.0 Å². The second-order valence-electron chi connectivity index (χ2n) is 5.87. The number of aromatic amines is 1. The molecule has 0 bridgehead atoms. The summed E-state index contributed by atoms with van der Waals surface area (Å²) in [4.78, 5) is 27.0. The van der Waals surface area contributed by atoms with Gasteiger partial charge in [-0.2, -0.15) is 0 Å². The van der Waals surface area contributed by atoms with Gasteiger partial charge in [-0.25, -0.2) is 4.98 Å². The molecule has 9 nitrogen and oxygen atoms in total. The van der Waals surface area contributed by atoms with Crippen LogP contribution < -0.4 is 10.1 Å². The Balaban J connectivity index is 1.64. The Morgan fingerprint density at radius 1 is 1.31 bits per heavy atom. The van der Waals surface area contributed by atoms with E-state index in [1.807, 2.05) is 24.3 Å². The standard InChI is InChI=1S/C18H16ClN5O4S/c1-10(17(25)20-15-8-5-12(24(26)27)9-14(15)19)29-18-21-16(22-23-18)11-3-6-13(28-2)7-4-11/h3-10H,1-2H3,(H,20,25)(H,21,22,23). The molecule has 150 valence electrons. The number of methoxy groups -OCH3 is 1. The fourth-order valence-electron chi connectivity index (χ4n) is 2.34. The molecule has 0 saturated carbocycles. The van der Waals surface area contributed by atoms with Gasteiger partial charge in [0, 0.05) is 17.7 Å². The number of nitro benzene ring substituents is 1. The number of carbonyl (C=O) groups is 1. The van der Waals surface area contributed by atoms with Crippen molar-refractivity contribution in [2.75, 3.05) is 12.4 Å². The number of nitrogens with one attached hydrogen (secondary N) is 2. The fourth-order valence-corrected chi connectivity index (χ4v) is 3.29. The summed E-state index contributed by atoms with van der Waals surface area (Å²) in [6, 6.07) is 11.2. The molecule has 1 unspecified atom stereocenters. The van der Waals surface area contributed by atoms with Crippen molar-refractivity contribution in [3.05, 3.63) is 57.6 Å². The highest BCUT2D eigenvalue weighted by atomic mass is 35.5. The van der Waals surface area contributed by atoms with Gasteiger partial charge < -0.3 is 10.1 Å². The number of anilines is 1. The van der Waals surface area contributed by atoms with E-state index in [-0.39, 0.29) is 16.6 Å². The zero-order valence-corrected chi connectivity index (χ0v) is 17.0. The minimum absolute atomic E-state index is 0.0874. The lowest BCUT2D eigenvalue weighted by Gasteiger charge is -2.11. The number of thioether (sulfide) groups is 1. The van der Waals surface area contributed by atoms with Crippen LogP contribution >= 0.6 is 23.4 Å². The maximum Gasteiger partial charge on any atom is 0.271 e. The minimum Gasteiger partial charge on any atom is -0.497 e. The van der Waals surface area contributed by atoms with E-state index < -0.39 is 10.2 Å². The topological polar surface area (TPSA) is 123 Å². The molecule has 0 fully saturated rings. The first-order valence-corrected chi connectivity index (χ1v) is 9.61. The summed E-state index contributed by atoms with van der Waals surface area (Å²) in [5.41, 5.74) is 0.978. The van der Waals surface area contributed by atoms with E-state index in [2.05, 4.69) is 20.5 Å². The number of hydrogen-bond acceptors (Lipinski definition) is 7. The molecule has 1 aromatic heterocycles. The molecule has 0 aliphatic rings. The molecule has 1 heterocycles. The Morgan fingerprint density at radius 3 is 2.66 bits per heavy atom. The molecular weight excluding hydrogens is 418 g/mol. The summed E-state index contributed by atoms with van der Waals surface area (Å²) in [5.74, 6) is 0.973. The van der Waals surface area contributed by atoms with E-state index in [9.17, 15) is 14.9 Å². The van der Waals surface area contributed by atoms with Gasteiger partial charge in [-0.3, -0.25) is 20.0 Å². The molecule has 3 rings (SSSR count). The van der Waals surface area contributed by atoms with E-state index in [1.165, 1.54) is 30.0 Å². The normalized spacial score (nSPS) is 11.7. The number of halogens is 1. The van der Waals surface area contributed by atoms with Gasteiger partial charge in [-0.15, -0.1) is 5.10 Å². The molecule has 0 aliphatic heterocycles. The van der Waals surface area contributed by atoms with E-state index in [0.29, 0.717) is 16.7 Å². The van der Waals surface area contributed by atoms with Crippen molar-refractivity contribution >= 4 is 40.6 Å². The Kier molecular flexibility index (Phi) is 6.35. The van der Waals surface area contributed by atoms with Gasteiger partial charge in [0.1, 0.15) is 5.75 Å². The number of aromatic nitrogens is 3. The molecule has 3 aromatic rings. The third-order valence-electron chi connectivity index (χ3n) is 3.90. The van der Waals surface area contributed by atoms with Crippen molar-refractivity contribution in [1.82, 2.24) is 15.2 Å². The van der Waals surface area contributed by atoms with Gasteiger partial charge in [0.25, 0.3) is 5.69 Å². The molecule has 0 saturated heterocycles. The van der Waals surface area contributed by atoms with E-state index in [1.54, 1.807) is 14.0 Å². The zero-order valence-electron chi connectivity index (χ0n) is 15.4. The SMILES string of the molecule is COc1ccc(-c2nc(SC(C)C(=O)Nc3ccc([N+](=O)[O-])cc3Cl)n[nH]2)cc1. The molecule has 11 heteroatoms. The Bertz CT molecular complexity index is 1040. The predicted octanol–water partition coefficient (Wildman–Crippen LogP) is 4.16. The number of carbonyl (C=O) groups excluding carboxylic acids is 1. The van der Waals surface area contributed by atoms with E-state index >= 15 is 0 Å². The average Bonchev–Trinajstić information content (AvgIpc) is 3.17. The summed E-state index contributed by atoms with van der Waals surface area (Å²) in [6.45, 7) is 1.70. The van der Waals surface area contributed by atoms with E-state index in [4.69, 9.17) is 16.3 Å². The van der Waals surface area contributed by atoms with Crippen LogP contribution in [0.4, 0.5) is 11.4 Å². The van der Waals surface area contributed by atoms with Gasteiger partial charge in [-0.05, 0) is 37.3 Å². The Hall–Kier alpha value is -3.11.